The van der Waals surface area contributed by atoms with Crippen molar-refractivity contribution in [1.82, 2.24) is 9.78 Å². The van der Waals surface area contributed by atoms with Gasteiger partial charge >= 0.3 is 0 Å². The largest absolute Gasteiger partial charge is 0.493 e. The SMILES string of the molecule is CCCn1ncc(OC)c1C(N)C1CSCCO1. The molecule has 6 heteroatoms. The topological polar surface area (TPSA) is 62.3 Å². The fourth-order valence-corrected chi connectivity index (χ4v) is 3.07. The average Bonchev–Trinajstić information content (AvgIpc) is 2.82. The van der Waals surface area contributed by atoms with Gasteiger partial charge in [0.2, 0.25) is 0 Å². The van der Waals surface area contributed by atoms with Crippen molar-refractivity contribution in [2.24, 2.45) is 5.73 Å². The van der Waals surface area contributed by atoms with Crippen molar-refractivity contribution in [2.45, 2.75) is 32.0 Å². The van der Waals surface area contributed by atoms with Crippen LogP contribution in [-0.4, -0.2) is 41.1 Å². The fraction of sp³-hybridized carbons (Fsp3) is 0.750. The van der Waals surface area contributed by atoms with Gasteiger partial charge in [-0.15, -0.1) is 0 Å². The number of nitrogens with two attached hydrogens (primary N) is 1. The second kappa shape index (κ2) is 6.45. The number of hydrogen-bond acceptors (Lipinski definition) is 5. The zero-order chi connectivity index (χ0) is 13.0. The van der Waals surface area contributed by atoms with Crippen LogP contribution in [0.4, 0.5) is 0 Å². The van der Waals surface area contributed by atoms with Crippen molar-refractivity contribution in [1.29, 1.82) is 0 Å². The molecule has 0 aromatic carbocycles. The average molecular weight is 271 g/mol. The predicted octanol–water partition coefficient (Wildman–Crippen LogP) is 1.43. The highest BCUT2D eigenvalue weighted by atomic mass is 32.2. The second-order valence-corrected chi connectivity index (χ2v) is 5.48. The van der Waals surface area contributed by atoms with Gasteiger partial charge in [0.25, 0.3) is 0 Å². The number of ether oxygens (including phenoxy) is 2. The second-order valence-electron chi connectivity index (χ2n) is 4.33. The highest BCUT2D eigenvalue weighted by molar-refractivity contribution is 7.99. The summed E-state index contributed by atoms with van der Waals surface area (Å²) in [6.45, 7) is 3.75. The monoisotopic (exact) mass is 271 g/mol. The van der Waals surface area contributed by atoms with E-state index in [1.165, 1.54) is 0 Å². The Morgan fingerprint density at radius 3 is 3.17 bits per heavy atom. The van der Waals surface area contributed by atoms with Crippen LogP contribution in [0.2, 0.25) is 0 Å². The highest BCUT2D eigenvalue weighted by Gasteiger charge is 2.28. The van der Waals surface area contributed by atoms with Crippen molar-refractivity contribution in [2.75, 3.05) is 25.2 Å². The highest BCUT2D eigenvalue weighted by Crippen LogP contribution is 2.30. The summed E-state index contributed by atoms with van der Waals surface area (Å²) in [5, 5.41) is 4.34. The van der Waals surface area contributed by atoms with E-state index < -0.39 is 0 Å². The molecule has 2 N–H and O–H groups in total. The summed E-state index contributed by atoms with van der Waals surface area (Å²) >= 11 is 1.89. The molecule has 1 aliphatic rings. The lowest BCUT2D eigenvalue weighted by molar-refractivity contribution is 0.0542. The molecule has 1 aromatic heterocycles. The maximum absolute atomic E-state index is 6.34. The third kappa shape index (κ3) is 2.81. The summed E-state index contributed by atoms with van der Waals surface area (Å²) in [4.78, 5) is 0. The Hall–Kier alpha value is -0.720. The zero-order valence-electron chi connectivity index (χ0n) is 11.0. The summed E-state index contributed by atoms with van der Waals surface area (Å²) < 4.78 is 13.0. The Morgan fingerprint density at radius 1 is 1.72 bits per heavy atom. The standard InChI is InChI=1S/C12H21N3O2S/c1-3-4-15-12(9(16-2)7-14-15)11(13)10-8-18-6-5-17-10/h7,10-11H,3-6,8,13H2,1-2H3. The lowest BCUT2D eigenvalue weighted by atomic mass is 10.1. The molecule has 102 valence electrons. The number of methoxy groups -OCH3 is 1. The molecule has 2 unspecified atom stereocenters. The molecule has 1 fully saturated rings. The Morgan fingerprint density at radius 2 is 2.56 bits per heavy atom. The molecule has 1 saturated heterocycles. The van der Waals surface area contributed by atoms with Crippen LogP contribution in [0.15, 0.2) is 6.20 Å². The van der Waals surface area contributed by atoms with E-state index in [0.29, 0.717) is 0 Å². The van der Waals surface area contributed by atoms with Gasteiger partial charge in [-0.3, -0.25) is 4.68 Å². The summed E-state index contributed by atoms with van der Waals surface area (Å²) in [6.07, 6.45) is 2.80. The number of thioether (sulfide) groups is 1. The molecule has 1 aliphatic heterocycles. The number of nitrogens with zero attached hydrogens (tertiary/aromatic N) is 2. The summed E-state index contributed by atoms with van der Waals surface area (Å²) in [5.41, 5.74) is 7.29. The zero-order valence-corrected chi connectivity index (χ0v) is 11.8. The van der Waals surface area contributed by atoms with Crippen molar-refractivity contribution in [3.8, 4) is 5.75 Å². The minimum Gasteiger partial charge on any atom is -0.493 e. The lowest BCUT2D eigenvalue weighted by Crippen LogP contribution is -2.36. The molecule has 2 atom stereocenters. The number of rotatable bonds is 5. The molecule has 0 bridgehead atoms. The quantitative estimate of drug-likeness (QED) is 0.878. The number of aromatic nitrogens is 2. The van der Waals surface area contributed by atoms with Crippen LogP contribution < -0.4 is 10.5 Å². The van der Waals surface area contributed by atoms with Crippen LogP contribution in [0.3, 0.4) is 0 Å². The first-order chi connectivity index (χ1) is 8.77. The van der Waals surface area contributed by atoms with Gasteiger partial charge in [-0.05, 0) is 6.42 Å². The maximum Gasteiger partial charge on any atom is 0.161 e. The molecule has 5 nitrogen and oxygen atoms in total. The van der Waals surface area contributed by atoms with Gasteiger partial charge in [0.15, 0.2) is 5.75 Å². The van der Waals surface area contributed by atoms with Crippen LogP contribution in [0.5, 0.6) is 5.75 Å². The van der Waals surface area contributed by atoms with E-state index in [2.05, 4.69) is 12.0 Å². The Balaban J connectivity index is 2.20. The summed E-state index contributed by atoms with van der Waals surface area (Å²) in [5.74, 6) is 2.74. The molecule has 0 spiro atoms. The molecular formula is C12H21N3O2S. The first-order valence-corrected chi connectivity index (χ1v) is 7.48. The van der Waals surface area contributed by atoms with E-state index in [4.69, 9.17) is 15.2 Å². The molecule has 0 saturated carbocycles. The van der Waals surface area contributed by atoms with Crippen molar-refractivity contribution in [3.05, 3.63) is 11.9 Å². The number of aryl methyl sites for hydroxylation is 1. The van der Waals surface area contributed by atoms with E-state index >= 15 is 0 Å². The Labute approximate surface area is 112 Å². The normalized spacial score (nSPS) is 21.8. The Bertz CT molecular complexity index is 377. The van der Waals surface area contributed by atoms with E-state index in [1.54, 1.807) is 13.3 Å². The molecule has 2 heterocycles. The first kappa shape index (κ1) is 13.7. The lowest BCUT2D eigenvalue weighted by Gasteiger charge is -2.28. The van der Waals surface area contributed by atoms with Crippen LogP contribution in [0.1, 0.15) is 25.1 Å². The van der Waals surface area contributed by atoms with Crippen molar-refractivity contribution < 1.29 is 9.47 Å². The molecule has 0 amide bonds. The third-order valence-corrected chi connectivity index (χ3v) is 4.08. The van der Waals surface area contributed by atoms with E-state index in [9.17, 15) is 0 Å². The third-order valence-electron chi connectivity index (χ3n) is 3.06. The van der Waals surface area contributed by atoms with E-state index in [-0.39, 0.29) is 12.1 Å². The Kier molecular flexibility index (Phi) is 4.91. The van der Waals surface area contributed by atoms with Gasteiger partial charge in [0.05, 0.1) is 37.8 Å². The molecule has 1 aromatic rings. The molecule has 0 radical (unpaired) electrons. The van der Waals surface area contributed by atoms with E-state index in [0.717, 1.165) is 42.5 Å². The molecule has 18 heavy (non-hydrogen) atoms. The minimum atomic E-state index is -0.179. The first-order valence-electron chi connectivity index (χ1n) is 6.32. The van der Waals surface area contributed by atoms with Gasteiger partial charge in [-0.2, -0.15) is 16.9 Å². The predicted molar refractivity (Wildman–Crippen MR) is 73.1 cm³/mol. The molecular weight excluding hydrogens is 250 g/mol. The van der Waals surface area contributed by atoms with Crippen LogP contribution in [0, 0.1) is 0 Å². The van der Waals surface area contributed by atoms with Crippen LogP contribution in [-0.2, 0) is 11.3 Å². The fourth-order valence-electron chi connectivity index (χ4n) is 2.15. The van der Waals surface area contributed by atoms with Gasteiger partial charge in [0, 0.05) is 18.1 Å². The smallest absolute Gasteiger partial charge is 0.161 e. The van der Waals surface area contributed by atoms with Gasteiger partial charge in [0.1, 0.15) is 0 Å². The molecule has 2 rings (SSSR count). The minimum absolute atomic E-state index is 0.0463. The maximum atomic E-state index is 6.34. The number of hydrogen-bond donors (Lipinski definition) is 1. The van der Waals surface area contributed by atoms with Gasteiger partial charge < -0.3 is 15.2 Å². The van der Waals surface area contributed by atoms with Crippen LogP contribution >= 0.6 is 11.8 Å². The van der Waals surface area contributed by atoms with E-state index in [1.807, 2.05) is 16.4 Å². The summed E-state index contributed by atoms with van der Waals surface area (Å²) in [7, 11) is 1.65. The van der Waals surface area contributed by atoms with Crippen molar-refractivity contribution >= 4 is 11.8 Å². The van der Waals surface area contributed by atoms with Gasteiger partial charge in [-0.25, -0.2) is 0 Å². The molecule has 0 aliphatic carbocycles. The summed E-state index contributed by atoms with van der Waals surface area (Å²) in [6, 6.07) is -0.179. The van der Waals surface area contributed by atoms with Crippen molar-refractivity contribution in [3.63, 3.8) is 0 Å². The van der Waals surface area contributed by atoms with Crippen LogP contribution in [0.25, 0.3) is 0 Å². The van der Waals surface area contributed by atoms with Gasteiger partial charge in [-0.1, -0.05) is 6.92 Å².